The van der Waals surface area contributed by atoms with Gasteiger partial charge in [-0.05, 0) is 32.5 Å². The van der Waals surface area contributed by atoms with E-state index < -0.39 is 10.0 Å². The van der Waals surface area contributed by atoms with Gasteiger partial charge in [0.1, 0.15) is 0 Å². The van der Waals surface area contributed by atoms with Crippen LogP contribution in [0.3, 0.4) is 0 Å². The zero-order valence-electron chi connectivity index (χ0n) is 14.0. The third-order valence-electron chi connectivity index (χ3n) is 4.90. The van der Waals surface area contributed by atoms with Gasteiger partial charge in [0.05, 0.1) is 19.0 Å². The Morgan fingerprint density at radius 2 is 1.91 bits per heavy atom. The molecule has 0 aromatic heterocycles. The van der Waals surface area contributed by atoms with Crippen molar-refractivity contribution in [3.8, 4) is 0 Å². The summed E-state index contributed by atoms with van der Waals surface area (Å²) in [6.07, 6.45) is 1.00. The SMILES string of the molecule is Cc1ccc(CS(=O)(=O)N2CCOCC3(CCN(C)C3)C2)cc1. The number of likely N-dealkylation sites (tertiary alicyclic amines) is 1. The zero-order valence-corrected chi connectivity index (χ0v) is 14.8. The van der Waals surface area contributed by atoms with E-state index in [1.165, 1.54) is 0 Å². The topological polar surface area (TPSA) is 49.9 Å². The van der Waals surface area contributed by atoms with Gasteiger partial charge in [-0.3, -0.25) is 0 Å². The molecule has 1 unspecified atom stereocenters. The highest BCUT2D eigenvalue weighted by molar-refractivity contribution is 7.88. The molecule has 2 aliphatic heterocycles. The van der Waals surface area contributed by atoms with Crippen molar-refractivity contribution in [2.24, 2.45) is 5.41 Å². The second-order valence-corrected chi connectivity index (χ2v) is 9.08. The van der Waals surface area contributed by atoms with Gasteiger partial charge in [0, 0.05) is 25.0 Å². The van der Waals surface area contributed by atoms with Crippen LogP contribution < -0.4 is 0 Å². The molecule has 1 atom stereocenters. The molecule has 128 valence electrons. The summed E-state index contributed by atoms with van der Waals surface area (Å²) < 4.78 is 33.1. The quantitative estimate of drug-likeness (QED) is 0.838. The Balaban J connectivity index is 1.76. The summed E-state index contributed by atoms with van der Waals surface area (Å²) in [4.78, 5) is 2.26. The number of hydrogen-bond acceptors (Lipinski definition) is 4. The molecule has 2 fully saturated rings. The van der Waals surface area contributed by atoms with E-state index in [9.17, 15) is 8.42 Å². The van der Waals surface area contributed by atoms with Crippen LogP contribution in [0.15, 0.2) is 24.3 Å². The van der Waals surface area contributed by atoms with Gasteiger partial charge < -0.3 is 9.64 Å². The summed E-state index contributed by atoms with van der Waals surface area (Å²) in [5.74, 6) is 0.0687. The van der Waals surface area contributed by atoms with Gasteiger partial charge >= 0.3 is 0 Å². The third-order valence-corrected chi connectivity index (χ3v) is 6.69. The van der Waals surface area contributed by atoms with Gasteiger partial charge in [0.2, 0.25) is 10.0 Å². The summed E-state index contributed by atoms with van der Waals surface area (Å²) in [5.41, 5.74) is 1.94. The maximum absolute atomic E-state index is 12.9. The Hall–Kier alpha value is -0.950. The van der Waals surface area contributed by atoms with Gasteiger partial charge in [0.15, 0.2) is 0 Å². The fourth-order valence-electron chi connectivity index (χ4n) is 3.58. The van der Waals surface area contributed by atoms with E-state index in [-0.39, 0.29) is 11.2 Å². The average molecular weight is 338 g/mol. The lowest BCUT2D eigenvalue weighted by Crippen LogP contribution is -2.43. The molecule has 2 aliphatic rings. The van der Waals surface area contributed by atoms with E-state index >= 15 is 0 Å². The normalized spacial score (nSPS) is 27.4. The van der Waals surface area contributed by atoms with E-state index in [0.717, 1.165) is 30.6 Å². The first kappa shape index (κ1) is 16.9. The lowest BCUT2D eigenvalue weighted by Gasteiger charge is -2.31. The Morgan fingerprint density at radius 1 is 1.17 bits per heavy atom. The largest absolute Gasteiger partial charge is 0.379 e. The third kappa shape index (κ3) is 3.94. The van der Waals surface area contributed by atoms with Crippen molar-refractivity contribution in [3.63, 3.8) is 0 Å². The zero-order chi connectivity index (χ0) is 16.5. The minimum atomic E-state index is -3.32. The van der Waals surface area contributed by atoms with E-state index in [1.54, 1.807) is 4.31 Å². The van der Waals surface area contributed by atoms with Crippen molar-refractivity contribution < 1.29 is 13.2 Å². The summed E-state index contributed by atoms with van der Waals surface area (Å²) in [7, 11) is -1.23. The first-order valence-electron chi connectivity index (χ1n) is 8.18. The fraction of sp³-hybridized carbons (Fsp3) is 0.647. The second-order valence-electron chi connectivity index (χ2n) is 7.12. The second kappa shape index (κ2) is 6.51. The van der Waals surface area contributed by atoms with Crippen molar-refractivity contribution in [2.75, 3.05) is 46.4 Å². The molecule has 3 rings (SSSR count). The number of rotatable bonds is 3. The maximum atomic E-state index is 12.9. The van der Waals surface area contributed by atoms with Crippen LogP contribution in [0.5, 0.6) is 0 Å². The summed E-state index contributed by atoms with van der Waals surface area (Å²) in [6, 6.07) is 7.73. The van der Waals surface area contributed by atoms with Crippen LogP contribution in [-0.2, 0) is 20.5 Å². The fourth-order valence-corrected chi connectivity index (χ4v) is 5.20. The minimum Gasteiger partial charge on any atom is -0.379 e. The van der Waals surface area contributed by atoms with Gasteiger partial charge in [-0.15, -0.1) is 0 Å². The highest BCUT2D eigenvalue weighted by atomic mass is 32.2. The molecule has 0 amide bonds. The number of ether oxygens (including phenoxy) is 1. The van der Waals surface area contributed by atoms with Crippen LogP contribution in [0, 0.1) is 12.3 Å². The molecule has 0 N–H and O–H groups in total. The van der Waals surface area contributed by atoms with Crippen LogP contribution in [0.4, 0.5) is 0 Å². The van der Waals surface area contributed by atoms with Crippen LogP contribution in [-0.4, -0.2) is 64.1 Å². The first-order valence-corrected chi connectivity index (χ1v) is 9.79. The van der Waals surface area contributed by atoms with Crippen LogP contribution >= 0.6 is 0 Å². The van der Waals surface area contributed by atoms with Crippen LogP contribution in [0.25, 0.3) is 0 Å². The van der Waals surface area contributed by atoms with Crippen LogP contribution in [0.1, 0.15) is 17.5 Å². The molecule has 2 saturated heterocycles. The molecule has 0 bridgehead atoms. The number of hydrogen-bond donors (Lipinski definition) is 0. The molecular weight excluding hydrogens is 312 g/mol. The van der Waals surface area contributed by atoms with E-state index in [0.29, 0.717) is 26.3 Å². The molecule has 1 spiro atoms. The van der Waals surface area contributed by atoms with E-state index in [4.69, 9.17) is 4.74 Å². The van der Waals surface area contributed by atoms with Crippen molar-refractivity contribution >= 4 is 10.0 Å². The number of aryl methyl sites for hydroxylation is 1. The lowest BCUT2D eigenvalue weighted by atomic mass is 9.88. The molecular formula is C17H26N2O3S. The summed E-state index contributed by atoms with van der Waals surface area (Å²) in [6.45, 7) is 6.10. The van der Waals surface area contributed by atoms with Crippen molar-refractivity contribution in [3.05, 3.63) is 35.4 Å². The Kier molecular flexibility index (Phi) is 4.78. The predicted octanol–water partition coefficient (Wildman–Crippen LogP) is 1.48. The molecule has 5 nitrogen and oxygen atoms in total. The number of sulfonamides is 1. The van der Waals surface area contributed by atoms with Crippen molar-refractivity contribution in [1.29, 1.82) is 0 Å². The molecule has 23 heavy (non-hydrogen) atoms. The molecule has 1 aromatic rings. The first-order chi connectivity index (χ1) is 10.9. The number of nitrogens with zero attached hydrogens (tertiary/aromatic N) is 2. The Labute approximate surface area is 139 Å². The van der Waals surface area contributed by atoms with Gasteiger partial charge in [-0.25, -0.2) is 8.42 Å². The van der Waals surface area contributed by atoms with E-state index in [1.807, 2.05) is 31.2 Å². The van der Waals surface area contributed by atoms with Crippen molar-refractivity contribution in [2.45, 2.75) is 19.1 Å². The van der Waals surface area contributed by atoms with Crippen molar-refractivity contribution in [1.82, 2.24) is 9.21 Å². The van der Waals surface area contributed by atoms with Gasteiger partial charge in [-0.2, -0.15) is 4.31 Å². The maximum Gasteiger partial charge on any atom is 0.218 e. The molecule has 0 aliphatic carbocycles. The molecule has 6 heteroatoms. The molecule has 0 radical (unpaired) electrons. The van der Waals surface area contributed by atoms with E-state index in [2.05, 4.69) is 11.9 Å². The smallest absolute Gasteiger partial charge is 0.218 e. The summed E-state index contributed by atoms with van der Waals surface area (Å²) >= 11 is 0. The average Bonchev–Trinajstić information content (AvgIpc) is 2.72. The Bertz CT molecular complexity index is 644. The molecule has 0 saturated carbocycles. The van der Waals surface area contributed by atoms with Crippen LogP contribution in [0.2, 0.25) is 0 Å². The Morgan fingerprint density at radius 3 is 2.57 bits per heavy atom. The molecule has 2 heterocycles. The highest BCUT2D eigenvalue weighted by Crippen LogP contribution is 2.33. The highest BCUT2D eigenvalue weighted by Gasteiger charge is 2.42. The standard InChI is InChI=1S/C17H26N2O3S/c1-15-3-5-16(6-4-15)11-23(20,21)19-9-10-22-14-17(13-19)7-8-18(2)12-17/h3-6H,7-14H2,1-2H3. The minimum absolute atomic E-state index is 0.0500. The van der Waals surface area contributed by atoms with Gasteiger partial charge in [0.25, 0.3) is 0 Å². The molecule has 1 aromatic carbocycles. The monoisotopic (exact) mass is 338 g/mol. The summed E-state index contributed by atoms with van der Waals surface area (Å²) in [5, 5.41) is 0. The lowest BCUT2D eigenvalue weighted by molar-refractivity contribution is 0.0743. The predicted molar refractivity (Wildman–Crippen MR) is 90.7 cm³/mol. The number of benzene rings is 1. The van der Waals surface area contributed by atoms with Gasteiger partial charge in [-0.1, -0.05) is 29.8 Å².